The third-order valence-electron chi connectivity index (χ3n) is 2.50. The van der Waals surface area contributed by atoms with Gasteiger partial charge in [0.1, 0.15) is 5.82 Å². The Hall–Kier alpha value is -2.16. The lowest BCUT2D eigenvalue weighted by Crippen LogP contribution is -2.02. The summed E-state index contributed by atoms with van der Waals surface area (Å²) in [6.07, 6.45) is 0. The van der Waals surface area contributed by atoms with Crippen LogP contribution in [0.15, 0.2) is 48.5 Å². The van der Waals surface area contributed by atoms with E-state index in [1.807, 2.05) is 6.07 Å². The fourth-order valence-corrected chi connectivity index (χ4v) is 1.61. The average molecular weight is 229 g/mol. The molecule has 0 amide bonds. The predicted molar refractivity (Wildman–Crippen MR) is 65.8 cm³/mol. The van der Waals surface area contributed by atoms with Gasteiger partial charge in [0.2, 0.25) is 0 Å². The molecule has 2 nitrogen and oxygen atoms in total. The Bertz CT molecular complexity index is 551. The molecule has 0 aromatic heterocycles. The summed E-state index contributed by atoms with van der Waals surface area (Å²) in [4.78, 5) is 12.1. The standard InChI is InChI=1S/C14H12FNO/c1-16-13-7-3-5-11(9-13)14(17)10-4-2-6-12(15)8-10/h2-9,16H,1H3. The molecule has 0 spiro atoms. The lowest BCUT2D eigenvalue weighted by molar-refractivity contribution is 0.103. The summed E-state index contributed by atoms with van der Waals surface area (Å²) < 4.78 is 13.0. The van der Waals surface area contributed by atoms with Crippen LogP contribution >= 0.6 is 0 Å². The summed E-state index contributed by atoms with van der Waals surface area (Å²) in [5.74, 6) is -0.581. The molecule has 0 radical (unpaired) electrons. The van der Waals surface area contributed by atoms with E-state index in [2.05, 4.69) is 5.32 Å². The van der Waals surface area contributed by atoms with E-state index in [0.29, 0.717) is 11.1 Å². The lowest BCUT2D eigenvalue weighted by Gasteiger charge is -2.04. The molecule has 3 heteroatoms. The minimum absolute atomic E-state index is 0.179. The molecule has 1 N–H and O–H groups in total. The topological polar surface area (TPSA) is 29.1 Å². The average Bonchev–Trinajstić information content (AvgIpc) is 2.38. The van der Waals surface area contributed by atoms with Crippen molar-refractivity contribution in [3.05, 3.63) is 65.5 Å². The van der Waals surface area contributed by atoms with Gasteiger partial charge in [-0.05, 0) is 24.3 Å². The molecular formula is C14H12FNO. The molecule has 0 aliphatic rings. The Kier molecular flexibility index (Phi) is 3.19. The van der Waals surface area contributed by atoms with Crippen molar-refractivity contribution < 1.29 is 9.18 Å². The van der Waals surface area contributed by atoms with Crippen molar-refractivity contribution in [1.82, 2.24) is 0 Å². The molecule has 0 unspecified atom stereocenters. The number of anilines is 1. The number of ketones is 1. The molecule has 0 atom stereocenters. The van der Waals surface area contributed by atoms with Gasteiger partial charge in [0.05, 0.1) is 0 Å². The first-order chi connectivity index (χ1) is 8.20. The lowest BCUT2D eigenvalue weighted by atomic mass is 10.0. The Balaban J connectivity index is 2.36. The van der Waals surface area contributed by atoms with Crippen LogP contribution in [0, 0.1) is 5.82 Å². The van der Waals surface area contributed by atoms with Crippen molar-refractivity contribution in [2.24, 2.45) is 0 Å². The molecule has 86 valence electrons. The van der Waals surface area contributed by atoms with Gasteiger partial charge in [0.25, 0.3) is 0 Å². The Morgan fingerprint density at radius 1 is 1.06 bits per heavy atom. The smallest absolute Gasteiger partial charge is 0.193 e. The van der Waals surface area contributed by atoms with Crippen LogP contribution in [0.2, 0.25) is 0 Å². The Labute approximate surface area is 99.1 Å². The molecule has 2 aromatic carbocycles. The SMILES string of the molecule is CNc1cccc(C(=O)c2cccc(F)c2)c1. The minimum atomic E-state index is -0.402. The zero-order valence-electron chi connectivity index (χ0n) is 9.41. The number of hydrogen-bond acceptors (Lipinski definition) is 2. The Morgan fingerprint density at radius 2 is 1.71 bits per heavy atom. The zero-order valence-corrected chi connectivity index (χ0v) is 9.41. The van der Waals surface area contributed by atoms with E-state index in [1.165, 1.54) is 18.2 Å². The van der Waals surface area contributed by atoms with E-state index in [4.69, 9.17) is 0 Å². The molecule has 0 bridgehead atoms. The van der Waals surface area contributed by atoms with E-state index < -0.39 is 5.82 Å². The third-order valence-corrected chi connectivity index (χ3v) is 2.50. The highest BCUT2D eigenvalue weighted by Crippen LogP contribution is 2.15. The van der Waals surface area contributed by atoms with Crippen molar-refractivity contribution in [3.63, 3.8) is 0 Å². The molecule has 0 heterocycles. The second kappa shape index (κ2) is 4.78. The monoisotopic (exact) mass is 229 g/mol. The molecule has 2 aromatic rings. The van der Waals surface area contributed by atoms with Crippen LogP contribution in [0.3, 0.4) is 0 Å². The quantitative estimate of drug-likeness (QED) is 0.819. The molecule has 0 aliphatic heterocycles. The highest BCUT2D eigenvalue weighted by Gasteiger charge is 2.09. The van der Waals surface area contributed by atoms with Crippen molar-refractivity contribution in [2.75, 3.05) is 12.4 Å². The normalized spacial score (nSPS) is 10.0. The fraction of sp³-hybridized carbons (Fsp3) is 0.0714. The first kappa shape index (κ1) is 11.3. The molecule has 0 aliphatic carbocycles. The fourth-order valence-electron chi connectivity index (χ4n) is 1.61. The summed E-state index contributed by atoms with van der Waals surface area (Å²) >= 11 is 0. The molecule has 17 heavy (non-hydrogen) atoms. The van der Waals surface area contributed by atoms with Crippen LogP contribution in [-0.2, 0) is 0 Å². The van der Waals surface area contributed by atoms with E-state index in [0.717, 1.165) is 5.69 Å². The van der Waals surface area contributed by atoms with Crippen molar-refractivity contribution in [2.45, 2.75) is 0 Å². The second-order valence-corrected chi connectivity index (χ2v) is 3.67. The van der Waals surface area contributed by atoms with Crippen LogP contribution in [0.5, 0.6) is 0 Å². The van der Waals surface area contributed by atoms with Gasteiger partial charge in [-0.15, -0.1) is 0 Å². The van der Waals surface area contributed by atoms with E-state index in [9.17, 15) is 9.18 Å². The largest absolute Gasteiger partial charge is 0.388 e. The van der Waals surface area contributed by atoms with Gasteiger partial charge in [0.15, 0.2) is 5.78 Å². The summed E-state index contributed by atoms with van der Waals surface area (Å²) in [6, 6.07) is 12.8. The number of carbonyl (C=O) groups excluding carboxylic acids is 1. The summed E-state index contributed by atoms with van der Waals surface area (Å²) in [7, 11) is 1.78. The molecule has 0 saturated heterocycles. The van der Waals surface area contributed by atoms with Gasteiger partial charge < -0.3 is 5.32 Å². The van der Waals surface area contributed by atoms with Crippen molar-refractivity contribution >= 4 is 11.5 Å². The number of halogens is 1. The van der Waals surface area contributed by atoms with Crippen LogP contribution in [-0.4, -0.2) is 12.8 Å². The number of carbonyl (C=O) groups is 1. The van der Waals surface area contributed by atoms with E-state index >= 15 is 0 Å². The summed E-state index contributed by atoms with van der Waals surface area (Å²) in [5, 5.41) is 2.96. The maximum atomic E-state index is 13.0. The zero-order chi connectivity index (χ0) is 12.3. The van der Waals surface area contributed by atoms with Gasteiger partial charge in [-0.25, -0.2) is 4.39 Å². The van der Waals surface area contributed by atoms with Gasteiger partial charge in [-0.1, -0.05) is 24.3 Å². The first-order valence-corrected chi connectivity index (χ1v) is 5.29. The molecule has 0 saturated carbocycles. The van der Waals surface area contributed by atoms with Gasteiger partial charge in [0, 0.05) is 23.9 Å². The van der Waals surface area contributed by atoms with Crippen molar-refractivity contribution in [3.8, 4) is 0 Å². The van der Waals surface area contributed by atoms with E-state index in [-0.39, 0.29) is 5.78 Å². The van der Waals surface area contributed by atoms with Gasteiger partial charge in [-0.2, -0.15) is 0 Å². The van der Waals surface area contributed by atoms with Crippen LogP contribution in [0.25, 0.3) is 0 Å². The predicted octanol–water partition coefficient (Wildman–Crippen LogP) is 3.10. The summed E-state index contributed by atoms with van der Waals surface area (Å²) in [5.41, 5.74) is 1.76. The van der Waals surface area contributed by atoms with Gasteiger partial charge in [-0.3, -0.25) is 4.79 Å². The molecule has 2 rings (SSSR count). The maximum Gasteiger partial charge on any atom is 0.193 e. The summed E-state index contributed by atoms with van der Waals surface area (Å²) in [6.45, 7) is 0. The van der Waals surface area contributed by atoms with Crippen LogP contribution in [0.4, 0.5) is 10.1 Å². The molecular weight excluding hydrogens is 217 g/mol. The number of nitrogens with one attached hydrogen (secondary N) is 1. The molecule has 0 fully saturated rings. The number of hydrogen-bond donors (Lipinski definition) is 1. The van der Waals surface area contributed by atoms with Gasteiger partial charge >= 0.3 is 0 Å². The second-order valence-electron chi connectivity index (χ2n) is 3.67. The van der Waals surface area contributed by atoms with Crippen LogP contribution < -0.4 is 5.32 Å². The number of rotatable bonds is 3. The first-order valence-electron chi connectivity index (χ1n) is 5.29. The highest BCUT2D eigenvalue weighted by molar-refractivity contribution is 6.09. The van der Waals surface area contributed by atoms with Crippen LogP contribution in [0.1, 0.15) is 15.9 Å². The Morgan fingerprint density at radius 3 is 2.35 bits per heavy atom. The highest BCUT2D eigenvalue weighted by atomic mass is 19.1. The minimum Gasteiger partial charge on any atom is -0.388 e. The number of benzene rings is 2. The maximum absolute atomic E-state index is 13.0. The van der Waals surface area contributed by atoms with E-state index in [1.54, 1.807) is 31.3 Å². The van der Waals surface area contributed by atoms with Crippen molar-refractivity contribution in [1.29, 1.82) is 0 Å². The third kappa shape index (κ3) is 2.50.